The van der Waals surface area contributed by atoms with E-state index in [-0.39, 0.29) is 0 Å². The van der Waals surface area contributed by atoms with Gasteiger partial charge in [-0.15, -0.1) is 12.6 Å². The van der Waals surface area contributed by atoms with Crippen LogP contribution in [0, 0.1) is 0 Å². The molecule has 182 valence electrons. The van der Waals surface area contributed by atoms with E-state index in [1.807, 2.05) is 41.5 Å². The van der Waals surface area contributed by atoms with Crippen molar-refractivity contribution in [2.24, 2.45) is 0 Å². The van der Waals surface area contributed by atoms with Crippen LogP contribution in [0.5, 0.6) is 0 Å². The van der Waals surface area contributed by atoms with Gasteiger partial charge in [0.1, 0.15) is 0 Å². The zero-order chi connectivity index (χ0) is 22.9. The van der Waals surface area contributed by atoms with Crippen molar-refractivity contribution in [1.29, 1.82) is 0 Å². The van der Waals surface area contributed by atoms with Crippen LogP contribution in [0.1, 0.15) is 54.4 Å². The Morgan fingerprint density at radius 1 is 0.633 bits per heavy atom. The Bertz CT molecular complexity index is 382. The molecular weight excluding hydrogens is 477 g/mol. The van der Waals surface area contributed by atoms with Gasteiger partial charge in [0.2, 0.25) is 0 Å². The lowest BCUT2D eigenvalue weighted by Crippen LogP contribution is -2.46. The Balaban J connectivity index is 4.84. The Labute approximate surface area is 200 Å². The van der Waals surface area contributed by atoms with E-state index in [1.54, 1.807) is 0 Å². The summed E-state index contributed by atoms with van der Waals surface area (Å²) in [4.78, 5) is 0. The molecule has 0 unspecified atom stereocenters. The van der Waals surface area contributed by atoms with Crippen LogP contribution >= 0.6 is 35.7 Å². The molecule has 0 fully saturated rings. The lowest BCUT2D eigenvalue weighted by atomic mass is 10.6. The molecular formula is C19H44O6S3Si2. The molecule has 0 bridgehead atoms. The Hall–Kier alpha value is 0.984. The van der Waals surface area contributed by atoms with Gasteiger partial charge in [-0.3, -0.25) is 0 Å². The third-order valence-corrected chi connectivity index (χ3v) is 14.5. The number of hydrogen-bond donors (Lipinski definition) is 2. The van der Waals surface area contributed by atoms with Crippen LogP contribution in [0.2, 0.25) is 12.1 Å². The molecule has 0 spiro atoms. The van der Waals surface area contributed by atoms with Crippen molar-refractivity contribution in [1.82, 2.24) is 0 Å². The molecule has 0 aliphatic rings. The summed E-state index contributed by atoms with van der Waals surface area (Å²) in [6.07, 6.45) is 1.92. The molecule has 0 aromatic heterocycles. The molecule has 0 aliphatic carbocycles. The fraction of sp³-hybridized carbons (Fsp3) is 0.947. The molecule has 11 heteroatoms. The third kappa shape index (κ3) is 12.3. The van der Waals surface area contributed by atoms with E-state index < -0.39 is 28.5 Å². The molecule has 0 rings (SSSR count). The first kappa shape index (κ1) is 31.0. The SMILES string of the molecule is CCO[Si](CCC[SH](CCC[Si](OCC)(OCC)OCC)C(=S)S)(OCC)OCC. The minimum atomic E-state index is -2.60. The van der Waals surface area contributed by atoms with Gasteiger partial charge in [-0.2, -0.15) is 0 Å². The van der Waals surface area contributed by atoms with E-state index in [0.29, 0.717) is 39.6 Å². The maximum atomic E-state index is 5.96. The zero-order valence-corrected chi connectivity index (χ0v) is 24.3. The molecule has 0 saturated carbocycles. The highest BCUT2D eigenvalue weighted by Gasteiger charge is 2.41. The van der Waals surface area contributed by atoms with Gasteiger partial charge >= 0.3 is 17.6 Å². The summed E-state index contributed by atoms with van der Waals surface area (Å²) in [6, 6.07) is 1.63. The van der Waals surface area contributed by atoms with Crippen LogP contribution < -0.4 is 0 Å². The predicted molar refractivity (Wildman–Crippen MR) is 140 cm³/mol. The molecule has 0 N–H and O–H groups in total. The van der Waals surface area contributed by atoms with E-state index in [0.717, 1.165) is 40.0 Å². The fourth-order valence-corrected chi connectivity index (χ4v) is 11.9. The highest BCUT2D eigenvalue weighted by molar-refractivity contribution is 8.50. The Morgan fingerprint density at radius 2 is 0.900 bits per heavy atom. The van der Waals surface area contributed by atoms with Gasteiger partial charge in [-0.1, -0.05) is 12.2 Å². The maximum Gasteiger partial charge on any atom is 0.500 e. The fourth-order valence-electron chi connectivity index (χ4n) is 3.28. The first-order valence-electron chi connectivity index (χ1n) is 11.2. The summed E-state index contributed by atoms with van der Waals surface area (Å²) < 4.78 is 36.6. The van der Waals surface area contributed by atoms with Gasteiger partial charge in [0.15, 0.2) is 0 Å². The average molecular weight is 521 g/mol. The first-order chi connectivity index (χ1) is 14.4. The molecule has 0 atom stereocenters. The molecule has 0 aromatic carbocycles. The minimum Gasteiger partial charge on any atom is -0.374 e. The van der Waals surface area contributed by atoms with Gasteiger partial charge in [0.05, 0.1) is 3.53 Å². The highest BCUT2D eigenvalue weighted by atomic mass is 32.3. The van der Waals surface area contributed by atoms with Crippen LogP contribution in [0.25, 0.3) is 0 Å². The van der Waals surface area contributed by atoms with Gasteiger partial charge in [0.25, 0.3) is 0 Å². The monoisotopic (exact) mass is 520 g/mol. The van der Waals surface area contributed by atoms with Crippen molar-refractivity contribution in [3.63, 3.8) is 0 Å². The van der Waals surface area contributed by atoms with Crippen LogP contribution in [0.15, 0.2) is 0 Å². The molecule has 0 amide bonds. The Kier molecular flexibility index (Phi) is 19.0. The lowest BCUT2D eigenvalue weighted by Gasteiger charge is -2.30. The molecule has 0 radical (unpaired) electrons. The van der Waals surface area contributed by atoms with Crippen molar-refractivity contribution in [3.05, 3.63) is 0 Å². The summed E-state index contributed by atoms with van der Waals surface area (Å²) in [7, 11) is -5.68. The van der Waals surface area contributed by atoms with Crippen LogP contribution in [-0.4, -0.2) is 72.3 Å². The minimum absolute atomic E-state index is 0.475. The van der Waals surface area contributed by atoms with E-state index in [4.69, 9.17) is 38.8 Å². The largest absolute Gasteiger partial charge is 0.500 e. The molecule has 0 aliphatic heterocycles. The van der Waals surface area contributed by atoms with Gasteiger partial charge < -0.3 is 26.6 Å². The zero-order valence-electron chi connectivity index (χ0n) is 19.7. The smallest absolute Gasteiger partial charge is 0.374 e. The number of thiol groups is 2. The number of thiocarbonyl (C=S) groups is 1. The Morgan fingerprint density at radius 3 is 1.10 bits per heavy atom. The molecule has 30 heavy (non-hydrogen) atoms. The van der Waals surface area contributed by atoms with Crippen molar-refractivity contribution in [3.8, 4) is 0 Å². The van der Waals surface area contributed by atoms with E-state index in [2.05, 4.69) is 12.6 Å². The molecule has 0 heterocycles. The maximum absolute atomic E-state index is 5.96. The second-order valence-corrected chi connectivity index (χ2v) is 16.1. The first-order valence-corrected chi connectivity index (χ1v) is 17.6. The summed E-state index contributed by atoms with van der Waals surface area (Å²) in [5, 5.41) is 0. The molecule has 0 aromatic rings. The second kappa shape index (κ2) is 18.4. The van der Waals surface area contributed by atoms with Crippen molar-refractivity contribution in [2.45, 2.75) is 66.5 Å². The number of hydrogen-bond acceptors (Lipinski definition) is 7. The van der Waals surface area contributed by atoms with Gasteiger partial charge in [0, 0.05) is 51.7 Å². The van der Waals surface area contributed by atoms with Crippen molar-refractivity contribution >= 4 is 56.9 Å². The van der Waals surface area contributed by atoms with Crippen LogP contribution in [-0.2, 0) is 26.6 Å². The van der Waals surface area contributed by atoms with E-state index >= 15 is 0 Å². The standard InChI is InChI=1S/C19H44O6S3Si2/c1-7-20-29(21-8-2,22-9-3)17-13-15-28(19(26)27)16-14-18-30(23-10-4,24-11-5)25-12-6/h28H,7-18H2,1-6H3,(H,26,27). The van der Waals surface area contributed by atoms with Crippen molar-refractivity contribution < 1.29 is 26.6 Å². The topological polar surface area (TPSA) is 55.4 Å². The average Bonchev–Trinajstić information content (AvgIpc) is 2.68. The summed E-state index contributed by atoms with van der Waals surface area (Å²) >= 11 is 9.99. The molecule has 6 nitrogen and oxygen atoms in total. The predicted octanol–water partition coefficient (Wildman–Crippen LogP) is 5.08. The summed E-state index contributed by atoms with van der Waals surface area (Å²) in [5.41, 5.74) is 0. The van der Waals surface area contributed by atoms with Crippen molar-refractivity contribution in [2.75, 3.05) is 51.1 Å². The highest BCUT2D eigenvalue weighted by Crippen LogP contribution is 2.34. The van der Waals surface area contributed by atoms with E-state index in [9.17, 15) is 0 Å². The molecule has 0 saturated heterocycles. The lowest BCUT2D eigenvalue weighted by molar-refractivity contribution is 0.0705. The van der Waals surface area contributed by atoms with Gasteiger partial charge in [-0.05, 0) is 65.9 Å². The number of rotatable bonds is 20. The normalized spacial score (nSPS) is 13.0. The summed E-state index contributed by atoms with van der Waals surface area (Å²) in [6.45, 7) is 15.5. The third-order valence-electron chi connectivity index (χ3n) is 4.28. The second-order valence-electron chi connectivity index (χ2n) is 6.44. The van der Waals surface area contributed by atoms with Gasteiger partial charge in [-0.25, -0.2) is 10.9 Å². The quantitative estimate of drug-likeness (QED) is 0.132. The summed E-state index contributed by atoms with van der Waals surface area (Å²) in [5.74, 6) is 2.01. The van der Waals surface area contributed by atoms with E-state index in [1.165, 1.54) is 0 Å². The van der Waals surface area contributed by atoms with Crippen LogP contribution in [0.4, 0.5) is 0 Å². The van der Waals surface area contributed by atoms with Crippen LogP contribution in [0.3, 0.4) is 0 Å².